The highest BCUT2D eigenvalue weighted by molar-refractivity contribution is 6.04. The normalized spacial score (nSPS) is 12.9. The van der Waals surface area contributed by atoms with Crippen molar-refractivity contribution in [2.24, 2.45) is 0 Å². The molecule has 1 amide bonds. The van der Waals surface area contributed by atoms with Gasteiger partial charge in [0, 0.05) is 29.9 Å². The Balaban J connectivity index is 1.69. The lowest BCUT2D eigenvalue weighted by molar-refractivity contribution is 0.0947. The van der Waals surface area contributed by atoms with Gasteiger partial charge in [0.2, 0.25) is 0 Å². The number of aromatic nitrogens is 3. The van der Waals surface area contributed by atoms with Gasteiger partial charge in [0.1, 0.15) is 11.6 Å². The third-order valence-electron chi connectivity index (χ3n) is 5.13. The first kappa shape index (κ1) is 18.1. The summed E-state index contributed by atoms with van der Waals surface area (Å²) in [5.74, 6) is 1.78. The molecule has 0 radical (unpaired) electrons. The zero-order chi connectivity index (χ0) is 20.5. The smallest absolute Gasteiger partial charge is 0.253 e. The molecule has 1 aliphatic rings. The molecule has 0 fully saturated rings. The van der Waals surface area contributed by atoms with E-state index >= 15 is 0 Å². The quantitative estimate of drug-likeness (QED) is 0.545. The van der Waals surface area contributed by atoms with E-state index in [0.717, 1.165) is 28.5 Å². The van der Waals surface area contributed by atoms with Gasteiger partial charge >= 0.3 is 0 Å². The zero-order valence-electron chi connectivity index (χ0n) is 16.3. The molecule has 0 aliphatic carbocycles. The summed E-state index contributed by atoms with van der Waals surface area (Å²) in [5.41, 5.74) is 3.96. The van der Waals surface area contributed by atoms with Crippen LogP contribution in [0.2, 0.25) is 0 Å². The minimum atomic E-state index is -0.0808. The third kappa shape index (κ3) is 3.20. The number of carbonyl (C=O) groups excluding carboxylic acids is 1. The van der Waals surface area contributed by atoms with Crippen LogP contribution in [0.4, 0.5) is 11.5 Å². The highest BCUT2D eigenvalue weighted by atomic mass is 16.5. The molecule has 0 unspecified atom stereocenters. The number of rotatable bonds is 4. The molecule has 30 heavy (non-hydrogen) atoms. The fraction of sp³-hybridized carbons (Fsp3) is 0.130. The molecule has 7 heteroatoms. The van der Waals surface area contributed by atoms with E-state index in [-0.39, 0.29) is 5.91 Å². The predicted molar refractivity (Wildman–Crippen MR) is 115 cm³/mol. The number of nitrogens with zero attached hydrogens (tertiary/aromatic N) is 3. The molecule has 0 spiro atoms. The fourth-order valence-electron chi connectivity index (χ4n) is 3.66. The number of nitrogens with one attached hydrogen (secondary N) is 2. The van der Waals surface area contributed by atoms with Crippen LogP contribution in [-0.4, -0.2) is 34.5 Å². The van der Waals surface area contributed by atoms with Gasteiger partial charge in [-0.15, -0.1) is 0 Å². The van der Waals surface area contributed by atoms with Gasteiger partial charge in [-0.1, -0.05) is 12.1 Å². The standard InChI is InChI=1S/C23H19N5O2/c1-30-16-7-8-18-17(12-16)22(28-21(26-18)15-5-3-10-24-13-15)27-19-6-2-4-14-9-11-25-23(29)20(14)19/h2-8,10,12-13H,9,11H2,1H3,(H,25,29)(H,26,27,28). The van der Waals surface area contributed by atoms with E-state index < -0.39 is 0 Å². The Bertz CT molecular complexity index is 1260. The van der Waals surface area contributed by atoms with Crippen LogP contribution in [-0.2, 0) is 6.42 Å². The Morgan fingerprint density at radius 2 is 2.03 bits per heavy atom. The average Bonchev–Trinajstić information content (AvgIpc) is 2.79. The van der Waals surface area contributed by atoms with Crippen molar-refractivity contribution in [1.82, 2.24) is 20.3 Å². The second-order valence-corrected chi connectivity index (χ2v) is 6.99. The van der Waals surface area contributed by atoms with E-state index in [2.05, 4.69) is 15.6 Å². The molecule has 0 bridgehead atoms. The highest BCUT2D eigenvalue weighted by Gasteiger charge is 2.21. The van der Waals surface area contributed by atoms with Crippen molar-refractivity contribution in [3.63, 3.8) is 0 Å². The van der Waals surface area contributed by atoms with Crippen molar-refractivity contribution in [3.8, 4) is 17.1 Å². The monoisotopic (exact) mass is 397 g/mol. The fourth-order valence-corrected chi connectivity index (χ4v) is 3.66. The summed E-state index contributed by atoms with van der Waals surface area (Å²) in [4.78, 5) is 26.2. The van der Waals surface area contributed by atoms with E-state index in [4.69, 9.17) is 14.7 Å². The summed E-state index contributed by atoms with van der Waals surface area (Å²) < 4.78 is 5.39. The Labute approximate surface area is 173 Å². The third-order valence-corrected chi connectivity index (χ3v) is 5.13. The number of ether oxygens (including phenoxy) is 1. The molecule has 0 saturated carbocycles. The first-order chi connectivity index (χ1) is 14.7. The van der Waals surface area contributed by atoms with Crippen molar-refractivity contribution in [3.05, 3.63) is 72.1 Å². The van der Waals surface area contributed by atoms with Crippen LogP contribution in [0.1, 0.15) is 15.9 Å². The van der Waals surface area contributed by atoms with Crippen LogP contribution in [0, 0.1) is 0 Å². The number of methoxy groups -OCH3 is 1. The maximum Gasteiger partial charge on any atom is 0.253 e. The van der Waals surface area contributed by atoms with E-state index in [1.807, 2.05) is 48.5 Å². The molecule has 2 aromatic carbocycles. The lowest BCUT2D eigenvalue weighted by atomic mass is 9.98. The number of fused-ring (bicyclic) bond motifs is 2. The number of benzene rings is 2. The molecule has 5 rings (SSSR count). The van der Waals surface area contributed by atoms with Crippen LogP contribution in [0.3, 0.4) is 0 Å². The Hall–Kier alpha value is -4.00. The molecule has 4 aromatic rings. The van der Waals surface area contributed by atoms with E-state index in [0.29, 0.717) is 35.2 Å². The minimum Gasteiger partial charge on any atom is -0.497 e. The molecular weight excluding hydrogens is 378 g/mol. The van der Waals surface area contributed by atoms with Gasteiger partial charge < -0.3 is 15.4 Å². The number of hydrogen-bond donors (Lipinski definition) is 2. The van der Waals surface area contributed by atoms with Crippen molar-refractivity contribution >= 4 is 28.3 Å². The van der Waals surface area contributed by atoms with E-state index in [9.17, 15) is 4.79 Å². The highest BCUT2D eigenvalue weighted by Crippen LogP contribution is 2.32. The van der Waals surface area contributed by atoms with Crippen LogP contribution in [0.5, 0.6) is 5.75 Å². The molecule has 2 aromatic heterocycles. The van der Waals surface area contributed by atoms with Crippen LogP contribution in [0.15, 0.2) is 60.9 Å². The molecule has 0 saturated heterocycles. The summed E-state index contributed by atoms with van der Waals surface area (Å²) in [6.45, 7) is 0.647. The molecule has 0 atom stereocenters. The lowest BCUT2D eigenvalue weighted by Gasteiger charge is -2.20. The van der Waals surface area contributed by atoms with E-state index in [1.54, 1.807) is 19.5 Å². The van der Waals surface area contributed by atoms with Gasteiger partial charge in [0.25, 0.3) is 5.91 Å². The maximum atomic E-state index is 12.5. The number of carbonyl (C=O) groups is 1. The number of pyridine rings is 1. The van der Waals surface area contributed by atoms with Crippen molar-refractivity contribution < 1.29 is 9.53 Å². The Kier molecular flexibility index (Phi) is 4.48. The topological polar surface area (TPSA) is 89.0 Å². The lowest BCUT2D eigenvalue weighted by Crippen LogP contribution is -2.32. The van der Waals surface area contributed by atoms with Crippen LogP contribution in [0.25, 0.3) is 22.3 Å². The first-order valence-electron chi connectivity index (χ1n) is 9.66. The Morgan fingerprint density at radius 3 is 2.87 bits per heavy atom. The SMILES string of the molecule is COc1ccc2nc(-c3cccnc3)nc(Nc3cccc4c3C(=O)NCC4)c2c1. The summed E-state index contributed by atoms with van der Waals surface area (Å²) >= 11 is 0. The van der Waals surface area contributed by atoms with Gasteiger partial charge in [-0.25, -0.2) is 9.97 Å². The maximum absolute atomic E-state index is 12.5. The second kappa shape index (κ2) is 7.44. The number of hydrogen-bond acceptors (Lipinski definition) is 6. The molecular formula is C23H19N5O2. The molecule has 148 valence electrons. The van der Waals surface area contributed by atoms with Gasteiger partial charge in [0.15, 0.2) is 5.82 Å². The zero-order valence-corrected chi connectivity index (χ0v) is 16.3. The minimum absolute atomic E-state index is 0.0808. The average molecular weight is 397 g/mol. The number of anilines is 2. The van der Waals surface area contributed by atoms with Crippen molar-refractivity contribution in [1.29, 1.82) is 0 Å². The van der Waals surface area contributed by atoms with Crippen molar-refractivity contribution in [2.75, 3.05) is 19.0 Å². The van der Waals surface area contributed by atoms with Crippen molar-refractivity contribution in [2.45, 2.75) is 6.42 Å². The summed E-state index contributed by atoms with van der Waals surface area (Å²) in [6, 6.07) is 15.2. The molecule has 2 N–H and O–H groups in total. The van der Waals surface area contributed by atoms with Gasteiger partial charge in [-0.2, -0.15) is 0 Å². The molecule has 7 nitrogen and oxygen atoms in total. The summed E-state index contributed by atoms with van der Waals surface area (Å²) in [7, 11) is 1.62. The summed E-state index contributed by atoms with van der Waals surface area (Å²) in [6.07, 6.45) is 4.24. The first-order valence-corrected chi connectivity index (χ1v) is 9.66. The van der Waals surface area contributed by atoms with Gasteiger partial charge in [0.05, 0.1) is 23.9 Å². The van der Waals surface area contributed by atoms with Crippen LogP contribution < -0.4 is 15.4 Å². The Morgan fingerprint density at radius 1 is 1.10 bits per heavy atom. The van der Waals surface area contributed by atoms with Gasteiger partial charge in [-0.05, 0) is 48.4 Å². The largest absolute Gasteiger partial charge is 0.497 e. The predicted octanol–water partition coefficient (Wildman–Crippen LogP) is 3.73. The number of amides is 1. The summed E-state index contributed by atoms with van der Waals surface area (Å²) in [5, 5.41) is 7.10. The molecule has 3 heterocycles. The van der Waals surface area contributed by atoms with E-state index in [1.165, 1.54) is 0 Å². The van der Waals surface area contributed by atoms with Gasteiger partial charge in [-0.3, -0.25) is 9.78 Å². The second-order valence-electron chi connectivity index (χ2n) is 6.99. The molecule has 1 aliphatic heterocycles. The van der Waals surface area contributed by atoms with Crippen LogP contribution >= 0.6 is 0 Å².